The van der Waals surface area contributed by atoms with Crippen LogP contribution in [0.2, 0.25) is 0 Å². The topological polar surface area (TPSA) is 86.6 Å². The van der Waals surface area contributed by atoms with Crippen molar-refractivity contribution in [1.82, 2.24) is 5.32 Å². The quantitative estimate of drug-likeness (QED) is 0.728. The molecule has 0 aromatic heterocycles. The minimum atomic E-state index is -1.71. The van der Waals surface area contributed by atoms with Crippen molar-refractivity contribution in [3.8, 4) is 0 Å². The zero-order valence-electron chi connectivity index (χ0n) is 8.78. The molecule has 1 rings (SSSR count). The SMILES string of the molecule is O=C(N[C@@H](CO)C(=O)O)c1c(F)cc(F)cc1F. The third-order valence-corrected chi connectivity index (χ3v) is 2.02. The minimum absolute atomic E-state index is 0.284. The number of carboxylic acids is 1. The second-order valence-corrected chi connectivity index (χ2v) is 3.29. The summed E-state index contributed by atoms with van der Waals surface area (Å²) in [4.78, 5) is 21.9. The maximum absolute atomic E-state index is 13.2. The van der Waals surface area contributed by atoms with Gasteiger partial charge in [-0.2, -0.15) is 0 Å². The van der Waals surface area contributed by atoms with Crippen LogP contribution < -0.4 is 5.32 Å². The van der Waals surface area contributed by atoms with E-state index in [1.54, 1.807) is 5.32 Å². The molecule has 8 heteroatoms. The maximum Gasteiger partial charge on any atom is 0.328 e. The molecule has 0 fully saturated rings. The Morgan fingerprint density at radius 2 is 1.72 bits per heavy atom. The van der Waals surface area contributed by atoms with E-state index in [9.17, 15) is 22.8 Å². The van der Waals surface area contributed by atoms with Crippen LogP contribution in [0.3, 0.4) is 0 Å². The van der Waals surface area contributed by atoms with Crippen LogP contribution in [0.4, 0.5) is 13.2 Å². The van der Waals surface area contributed by atoms with Gasteiger partial charge in [0.2, 0.25) is 0 Å². The van der Waals surface area contributed by atoms with Gasteiger partial charge in [0.15, 0.2) is 6.04 Å². The first kappa shape index (κ1) is 14.0. The zero-order valence-corrected chi connectivity index (χ0v) is 8.78. The molecule has 0 aliphatic heterocycles. The van der Waals surface area contributed by atoms with Gasteiger partial charge >= 0.3 is 5.97 Å². The summed E-state index contributed by atoms with van der Waals surface area (Å²) < 4.78 is 38.9. The highest BCUT2D eigenvalue weighted by molar-refractivity contribution is 5.97. The fraction of sp³-hybridized carbons (Fsp3) is 0.200. The molecule has 0 aliphatic carbocycles. The fourth-order valence-electron chi connectivity index (χ4n) is 1.18. The number of halogens is 3. The summed E-state index contributed by atoms with van der Waals surface area (Å²) in [6.07, 6.45) is 0. The molecule has 0 unspecified atom stereocenters. The van der Waals surface area contributed by atoms with E-state index in [0.29, 0.717) is 0 Å². The summed E-state index contributed by atoms with van der Waals surface area (Å²) in [5.41, 5.74) is -1.11. The first-order valence-electron chi connectivity index (χ1n) is 4.66. The highest BCUT2D eigenvalue weighted by Crippen LogP contribution is 2.14. The van der Waals surface area contributed by atoms with Crippen LogP contribution in [0.5, 0.6) is 0 Å². The maximum atomic E-state index is 13.2. The van der Waals surface area contributed by atoms with Gasteiger partial charge in [0.25, 0.3) is 5.91 Å². The van der Waals surface area contributed by atoms with Crippen LogP contribution >= 0.6 is 0 Å². The Hall–Kier alpha value is -2.09. The summed E-state index contributed by atoms with van der Waals surface area (Å²) in [5.74, 6) is -7.11. The lowest BCUT2D eigenvalue weighted by atomic mass is 10.1. The molecular weight excluding hydrogens is 255 g/mol. The number of hydrogen-bond donors (Lipinski definition) is 3. The van der Waals surface area contributed by atoms with E-state index in [4.69, 9.17) is 10.2 Å². The molecule has 5 nitrogen and oxygen atoms in total. The summed E-state index contributed by atoms with van der Waals surface area (Å²) >= 11 is 0. The lowest BCUT2D eigenvalue weighted by Gasteiger charge is -2.12. The minimum Gasteiger partial charge on any atom is -0.480 e. The molecule has 0 saturated heterocycles. The van der Waals surface area contributed by atoms with Crippen molar-refractivity contribution in [2.45, 2.75) is 6.04 Å². The van der Waals surface area contributed by atoms with Gasteiger partial charge in [-0.1, -0.05) is 0 Å². The van der Waals surface area contributed by atoms with Crippen molar-refractivity contribution in [2.24, 2.45) is 0 Å². The molecule has 0 aliphatic rings. The number of carbonyl (C=O) groups is 2. The van der Waals surface area contributed by atoms with E-state index in [0.717, 1.165) is 0 Å². The number of rotatable bonds is 4. The lowest BCUT2D eigenvalue weighted by molar-refractivity contribution is -0.140. The number of carbonyl (C=O) groups excluding carboxylic acids is 1. The number of amides is 1. The van der Waals surface area contributed by atoms with Gasteiger partial charge in [0.1, 0.15) is 23.0 Å². The summed E-state index contributed by atoms with van der Waals surface area (Å²) in [6, 6.07) is -1.14. The second-order valence-electron chi connectivity index (χ2n) is 3.29. The Labute approximate surface area is 98.8 Å². The molecule has 0 radical (unpaired) electrons. The lowest BCUT2D eigenvalue weighted by Crippen LogP contribution is -2.43. The number of aliphatic carboxylic acids is 1. The molecule has 98 valence electrons. The van der Waals surface area contributed by atoms with Gasteiger partial charge in [-0.25, -0.2) is 18.0 Å². The fourth-order valence-corrected chi connectivity index (χ4v) is 1.18. The van der Waals surface area contributed by atoms with Gasteiger partial charge in [-0.15, -0.1) is 0 Å². The molecular formula is C10H8F3NO4. The molecule has 18 heavy (non-hydrogen) atoms. The molecule has 3 N–H and O–H groups in total. The van der Waals surface area contributed by atoms with Gasteiger partial charge in [0.05, 0.1) is 6.61 Å². The van der Waals surface area contributed by atoms with Gasteiger partial charge in [0, 0.05) is 12.1 Å². The molecule has 0 heterocycles. The van der Waals surface area contributed by atoms with Crippen LogP contribution in [0.1, 0.15) is 10.4 Å². The third kappa shape index (κ3) is 2.98. The smallest absolute Gasteiger partial charge is 0.328 e. The van der Waals surface area contributed by atoms with Crippen molar-refractivity contribution in [2.75, 3.05) is 6.61 Å². The highest BCUT2D eigenvalue weighted by atomic mass is 19.1. The molecule has 1 amide bonds. The Morgan fingerprint density at radius 3 is 2.11 bits per heavy atom. The summed E-state index contributed by atoms with van der Waals surface area (Å²) in [5, 5.41) is 18.9. The van der Waals surface area contributed by atoms with E-state index in [1.165, 1.54) is 0 Å². The average molecular weight is 263 g/mol. The Balaban J connectivity index is 3.01. The van der Waals surface area contributed by atoms with Gasteiger partial charge < -0.3 is 15.5 Å². The summed E-state index contributed by atoms with van der Waals surface area (Å²) in [6.45, 7) is -0.953. The predicted octanol–water partition coefficient (Wildman–Crippen LogP) is 0.279. The predicted molar refractivity (Wildman–Crippen MR) is 52.3 cm³/mol. The van der Waals surface area contributed by atoms with Gasteiger partial charge in [-0.05, 0) is 0 Å². The molecule has 0 saturated carbocycles. The van der Waals surface area contributed by atoms with E-state index in [2.05, 4.69) is 0 Å². The number of aliphatic hydroxyl groups is 1. The molecule has 0 bridgehead atoms. The van der Waals surface area contributed by atoms with Crippen LogP contribution in [0.15, 0.2) is 12.1 Å². The number of aliphatic hydroxyl groups excluding tert-OH is 1. The standard InChI is InChI=1S/C10H8F3NO4/c11-4-1-5(12)8(6(13)2-4)9(16)14-7(3-15)10(17)18/h1-2,7,15H,3H2,(H,14,16)(H,17,18)/t7-/m0/s1. The van der Waals surface area contributed by atoms with E-state index >= 15 is 0 Å². The third-order valence-electron chi connectivity index (χ3n) is 2.02. The van der Waals surface area contributed by atoms with E-state index in [-0.39, 0.29) is 12.1 Å². The molecule has 1 atom stereocenters. The molecule has 1 aromatic carbocycles. The van der Waals surface area contributed by atoms with Crippen LogP contribution in [0, 0.1) is 17.5 Å². The Bertz CT molecular complexity index is 469. The summed E-state index contributed by atoms with van der Waals surface area (Å²) in [7, 11) is 0. The number of hydrogen-bond acceptors (Lipinski definition) is 3. The van der Waals surface area contributed by atoms with Crippen LogP contribution in [-0.4, -0.2) is 34.7 Å². The van der Waals surface area contributed by atoms with E-state index in [1.807, 2.05) is 0 Å². The van der Waals surface area contributed by atoms with Crippen molar-refractivity contribution in [3.05, 3.63) is 35.1 Å². The first-order valence-corrected chi connectivity index (χ1v) is 4.66. The number of nitrogens with one attached hydrogen (secondary N) is 1. The van der Waals surface area contributed by atoms with Crippen molar-refractivity contribution in [1.29, 1.82) is 0 Å². The Morgan fingerprint density at radius 1 is 1.22 bits per heavy atom. The van der Waals surface area contributed by atoms with Crippen LogP contribution in [-0.2, 0) is 4.79 Å². The van der Waals surface area contributed by atoms with E-state index < -0.39 is 47.5 Å². The average Bonchev–Trinajstić information content (AvgIpc) is 2.23. The van der Waals surface area contributed by atoms with Crippen LogP contribution in [0.25, 0.3) is 0 Å². The van der Waals surface area contributed by atoms with Crippen molar-refractivity contribution >= 4 is 11.9 Å². The largest absolute Gasteiger partial charge is 0.480 e. The normalized spacial score (nSPS) is 12.0. The van der Waals surface area contributed by atoms with Gasteiger partial charge in [-0.3, -0.25) is 4.79 Å². The molecule has 0 spiro atoms. The molecule has 1 aromatic rings. The first-order chi connectivity index (χ1) is 8.36. The Kier molecular flexibility index (Phi) is 4.27. The second kappa shape index (κ2) is 5.50. The van der Waals surface area contributed by atoms with Crippen molar-refractivity contribution < 1.29 is 33.0 Å². The highest BCUT2D eigenvalue weighted by Gasteiger charge is 2.24. The number of benzene rings is 1. The number of carboxylic acid groups (broad SMARTS) is 1. The zero-order chi connectivity index (χ0) is 13.9. The van der Waals surface area contributed by atoms with Crippen molar-refractivity contribution in [3.63, 3.8) is 0 Å². The monoisotopic (exact) mass is 263 g/mol.